The fraction of sp³-hybridized carbons (Fsp3) is 0.778. The van der Waals surface area contributed by atoms with Crippen LogP contribution in [0.5, 0.6) is 0 Å². The molecule has 25 heavy (non-hydrogen) atoms. The number of likely N-dealkylation sites (tertiary alicyclic amines) is 1. The first-order valence-electron chi connectivity index (χ1n) is 9.26. The number of nitrogens with zero attached hydrogens (tertiary/aromatic N) is 3. The Labute approximate surface area is 174 Å². The van der Waals surface area contributed by atoms with Gasteiger partial charge in [-0.1, -0.05) is 13.3 Å². The second-order valence-corrected chi connectivity index (χ2v) is 8.08. The van der Waals surface area contributed by atoms with E-state index in [0.29, 0.717) is 12.5 Å². The van der Waals surface area contributed by atoms with E-state index in [1.165, 1.54) is 43.8 Å². The Morgan fingerprint density at radius 1 is 1.24 bits per heavy atom. The van der Waals surface area contributed by atoms with Gasteiger partial charge in [-0.25, -0.2) is 9.98 Å². The second-order valence-electron chi connectivity index (χ2n) is 6.79. The highest BCUT2D eigenvalue weighted by Gasteiger charge is 2.13. The molecule has 7 heteroatoms. The Bertz CT molecular complexity index is 506. The Morgan fingerprint density at radius 2 is 1.96 bits per heavy atom. The largest absolute Gasteiger partial charge is 0.357 e. The number of rotatable bonds is 7. The van der Waals surface area contributed by atoms with Gasteiger partial charge in [0, 0.05) is 24.5 Å². The molecule has 1 aromatic rings. The molecule has 1 unspecified atom stereocenters. The molecule has 0 aliphatic carbocycles. The van der Waals surface area contributed by atoms with Gasteiger partial charge in [-0.05, 0) is 52.6 Å². The molecule has 1 fully saturated rings. The van der Waals surface area contributed by atoms with E-state index in [0.717, 1.165) is 29.8 Å². The Hall–Kier alpha value is -0.410. The van der Waals surface area contributed by atoms with Crippen molar-refractivity contribution in [2.75, 3.05) is 32.7 Å². The molecule has 2 heterocycles. The molecule has 144 valence electrons. The van der Waals surface area contributed by atoms with Gasteiger partial charge < -0.3 is 15.5 Å². The lowest BCUT2D eigenvalue weighted by Gasteiger charge is -2.29. The van der Waals surface area contributed by atoms with Crippen molar-refractivity contribution in [3.63, 3.8) is 0 Å². The number of aromatic nitrogens is 1. The Kier molecular flexibility index (Phi) is 10.9. The lowest BCUT2D eigenvalue weighted by Crippen LogP contribution is -2.42. The van der Waals surface area contributed by atoms with Crippen LogP contribution in [0.2, 0.25) is 0 Å². The lowest BCUT2D eigenvalue weighted by molar-refractivity contribution is 0.201. The summed E-state index contributed by atoms with van der Waals surface area (Å²) >= 11 is 1.74. The van der Waals surface area contributed by atoms with Gasteiger partial charge in [-0.15, -0.1) is 35.3 Å². The maximum absolute atomic E-state index is 4.69. The van der Waals surface area contributed by atoms with Gasteiger partial charge in [0.2, 0.25) is 0 Å². The number of nitrogens with one attached hydrogen (secondary N) is 2. The van der Waals surface area contributed by atoms with Crippen molar-refractivity contribution in [2.45, 2.75) is 53.5 Å². The fourth-order valence-corrected chi connectivity index (χ4v) is 3.87. The van der Waals surface area contributed by atoms with E-state index >= 15 is 0 Å². The highest BCUT2D eigenvalue weighted by molar-refractivity contribution is 14.0. The van der Waals surface area contributed by atoms with Gasteiger partial charge in [0.25, 0.3) is 0 Å². The first kappa shape index (κ1) is 22.6. The van der Waals surface area contributed by atoms with Gasteiger partial charge >= 0.3 is 0 Å². The van der Waals surface area contributed by atoms with E-state index < -0.39 is 0 Å². The van der Waals surface area contributed by atoms with Crippen LogP contribution in [0.25, 0.3) is 0 Å². The molecule has 1 aromatic heterocycles. The third-order valence-corrected chi connectivity index (χ3v) is 5.48. The van der Waals surface area contributed by atoms with Crippen LogP contribution in [-0.4, -0.2) is 48.6 Å². The predicted molar refractivity (Wildman–Crippen MR) is 119 cm³/mol. The van der Waals surface area contributed by atoms with Crippen molar-refractivity contribution >= 4 is 41.3 Å². The van der Waals surface area contributed by atoms with E-state index in [1.807, 2.05) is 0 Å². The van der Waals surface area contributed by atoms with E-state index in [2.05, 4.69) is 53.2 Å². The average molecular weight is 479 g/mol. The zero-order valence-corrected chi connectivity index (χ0v) is 19.2. The Balaban J connectivity index is 0.00000312. The summed E-state index contributed by atoms with van der Waals surface area (Å²) in [5.41, 5.74) is 1.12. The Morgan fingerprint density at radius 3 is 2.56 bits per heavy atom. The number of halogens is 1. The smallest absolute Gasteiger partial charge is 0.191 e. The molecule has 2 rings (SSSR count). The van der Waals surface area contributed by atoms with E-state index in [-0.39, 0.29) is 24.0 Å². The van der Waals surface area contributed by atoms with Crippen LogP contribution in [0.15, 0.2) is 4.99 Å². The third kappa shape index (κ3) is 8.21. The van der Waals surface area contributed by atoms with Gasteiger partial charge in [-0.2, -0.15) is 0 Å². The summed E-state index contributed by atoms with van der Waals surface area (Å²) in [5.74, 6) is 1.52. The molecule has 0 aromatic carbocycles. The summed E-state index contributed by atoms with van der Waals surface area (Å²) in [4.78, 5) is 13.1. The van der Waals surface area contributed by atoms with Crippen LogP contribution >= 0.6 is 35.3 Å². The van der Waals surface area contributed by atoms with Gasteiger partial charge in [-0.3, -0.25) is 0 Å². The lowest BCUT2D eigenvalue weighted by atomic mass is 10.1. The van der Waals surface area contributed by atoms with Crippen LogP contribution in [0.4, 0.5) is 0 Å². The topological polar surface area (TPSA) is 52.6 Å². The average Bonchev–Trinajstić information content (AvgIpc) is 2.89. The quantitative estimate of drug-likeness (QED) is 0.357. The molecule has 1 aliphatic rings. The summed E-state index contributed by atoms with van der Waals surface area (Å²) < 4.78 is 0. The van der Waals surface area contributed by atoms with Crippen molar-refractivity contribution in [2.24, 2.45) is 10.9 Å². The van der Waals surface area contributed by atoms with Crippen LogP contribution in [0, 0.1) is 19.8 Å². The normalized spacial score (nSPS) is 17.0. The van der Waals surface area contributed by atoms with Gasteiger partial charge in [0.05, 0.1) is 12.2 Å². The summed E-state index contributed by atoms with van der Waals surface area (Å²) in [6.45, 7) is 14.8. The minimum Gasteiger partial charge on any atom is -0.357 e. The number of thiazole rings is 1. The molecule has 1 aliphatic heterocycles. The van der Waals surface area contributed by atoms with Gasteiger partial charge in [0.15, 0.2) is 5.96 Å². The summed E-state index contributed by atoms with van der Waals surface area (Å²) in [5, 5.41) is 7.91. The van der Waals surface area contributed by atoms with Crippen molar-refractivity contribution in [3.05, 3.63) is 15.6 Å². The number of hydrogen-bond donors (Lipinski definition) is 2. The second kappa shape index (κ2) is 12.1. The molecular formula is C18H34IN5S. The monoisotopic (exact) mass is 479 g/mol. The number of hydrogen-bond acceptors (Lipinski definition) is 4. The van der Waals surface area contributed by atoms with Crippen LogP contribution in [0.3, 0.4) is 0 Å². The van der Waals surface area contributed by atoms with Crippen LogP contribution < -0.4 is 10.6 Å². The van der Waals surface area contributed by atoms with Crippen LogP contribution in [-0.2, 0) is 6.54 Å². The number of piperidine rings is 1. The number of aliphatic imine (C=N–C) groups is 1. The molecule has 0 amide bonds. The highest BCUT2D eigenvalue weighted by atomic mass is 127. The molecule has 0 spiro atoms. The molecule has 1 saturated heterocycles. The number of aryl methyl sites for hydroxylation is 2. The first-order chi connectivity index (χ1) is 11.6. The minimum absolute atomic E-state index is 0. The molecule has 1 atom stereocenters. The van der Waals surface area contributed by atoms with Crippen molar-refractivity contribution < 1.29 is 0 Å². The van der Waals surface area contributed by atoms with Crippen molar-refractivity contribution in [1.29, 1.82) is 0 Å². The van der Waals surface area contributed by atoms with Gasteiger partial charge in [0.1, 0.15) is 5.01 Å². The molecule has 0 radical (unpaired) electrons. The molecule has 2 N–H and O–H groups in total. The van der Waals surface area contributed by atoms with E-state index in [9.17, 15) is 0 Å². The summed E-state index contributed by atoms with van der Waals surface area (Å²) in [6.07, 6.45) is 4.11. The summed E-state index contributed by atoms with van der Waals surface area (Å²) in [6, 6.07) is 0. The van der Waals surface area contributed by atoms with Crippen molar-refractivity contribution in [3.8, 4) is 0 Å². The maximum Gasteiger partial charge on any atom is 0.191 e. The first-order valence-corrected chi connectivity index (χ1v) is 10.1. The molecule has 5 nitrogen and oxygen atoms in total. The van der Waals surface area contributed by atoms with E-state index in [1.54, 1.807) is 11.3 Å². The minimum atomic E-state index is 0. The third-order valence-electron chi connectivity index (χ3n) is 4.43. The number of guanidine groups is 1. The highest BCUT2D eigenvalue weighted by Crippen LogP contribution is 2.17. The molecule has 0 bridgehead atoms. The zero-order chi connectivity index (χ0) is 17.4. The van der Waals surface area contributed by atoms with Crippen molar-refractivity contribution in [1.82, 2.24) is 20.5 Å². The molecular weight excluding hydrogens is 445 g/mol. The zero-order valence-electron chi connectivity index (χ0n) is 16.1. The fourth-order valence-electron chi connectivity index (χ4n) is 3.01. The van der Waals surface area contributed by atoms with E-state index in [4.69, 9.17) is 0 Å². The van der Waals surface area contributed by atoms with Crippen LogP contribution in [0.1, 0.15) is 48.7 Å². The standard InChI is InChI=1S/C18H33N5S.HI/c1-5-19-18(21-12-17-22-15(3)16(4)24-17)20-11-14(2)13-23-9-7-6-8-10-23;/h14H,5-13H2,1-4H3,(H2,19,20,21);1H. The maximum atomic E-state index is 4.69. The molecule has 0 saturated carbocycles. The SMILES string of the molecule is CCNC(=NCc1nc(C)c(C)s1)NCC(C)CN1CCCCC1.I. The summed E-state index contributed by atoms with van der Waals surface area (Å²) in [7, 11) is 0. The predicted octanol–water partition coefficient (Wildman–Crippen LogP) is 3.56.